The first kappa shape index (κ1) is 17.4. The summed E-state index contributed by atoms with van der Waals surface area (Å²) in [5, 5.41) is 12.2. The molecule has 1 heterocycles. The summed E-state index contributed by atoms with van der Waals surface area (Å²) < 4.78 is 13.1. The summed E-state index contributed by atoms with van der Waals surface area (Å²) in [5.41, 5.74) is 0.571. The second-order valence-electron chi connectivity index (χ2n) is 6.07. The fourth-order valence-electron chi connectivity index (χ4n) is 2.81. The molecule has 2 unspecified atom stereocenters. The van der Waals surface area contributed by atoms with Gasteiger partial charge in [0.25, 0.3) is 0 Å². The van der Waals surface area contributed by atoms with Crippen LogP contribution in [0.2, 0.25) is 0 Å². The quantitative estimate of drug-likeness (QED) is 0.853. The van der Waals surface area contributed by atoms with Crippen molar-refractivity contribution in [2.45, 2.75) is 32.3 Å². The Morgan fingerprint density at radius 2 is 2.26 bits per heavy atom. The van der Waals surface area contributed by atoms with Gasteiger partial charge in [-0.25, -0.2) is 4.39 Å². The molecule has 1 aromatic rings. The third-order valence-electron chi connectivity index (χ3n) is 4.18. The van der Waals surface area contributed by atoms with Gasteiger partial charge in [-0.05, 0) is 37.5 Å². The van der Waals surface area contributed by atoms with Gasteiger partial charge >= 0.3 is 0 Å². The van der Waals surface area contributed by atoms with Gasteiger partial charge in [-0.15, -0.1) is 0 Å². The van der Waals surface area contributed by atoms with Crippen LogP contribution in [0.1, 0.15) is 25.3 Å². The van der Waals surface area contributed by atoms with Crippen LogP contribution < -0.4 is 5.32 Å². The van der Waals surface area contributed by atoms with Gasteiger partial charge in [-0.3, -0.25) is 9.59 Å². The summed E-state index contributed by atoms with van der Waals surface area (Å²) >= 11 is 0. The van der Waals surface area contributed by atoms with Gasteiger partial charge in [0.2, 0.25) is 11.8 Å². The summed E-state index contributed by atoms with van der Waals surface area (Å²) in [5.74, 6) is -0.754. The summed E-state index contributed by atoms with van der Waals surface area (Å²) in [6.07, 6.45) is 1.38. The maximum absolute atomic E-state index is 13.1. The van der Waals surface area contributed by atoms with Gasteiger partial charge < -0.3 is 15.3 Å². The topological polar surface area (TPSA) is 69.6 Å². The van der Waals surface area contributed by atoms with Gasteiger partial charge in [0.05, 0.1) is 19.1 Å². The Kier molecular flexibility index (Phi) is 6.10. The zero-order valence-electron chi connectivity index (χ0n) is 13.3. The van der Waals surface area contributed by atoms with E-state index in [0.717, 1.165) is 12.8 Å². The predicted molar refractivity (Wildman–Crippen MR) is 84.1 cm³/mol. The molecule has 0 saturated carbocycles. The van der Waals surface area contributed by atoms with Crippen LogP contribution in [0.5, 0.6) is 0 Å². The number of hydrogen-bond donors (Lipinski definition) is 2. The fourth-order valence-corrected chi connectivity index (χ4v) is 2.81. The van der Waals surface area contributed by atoms with Crippen molar-refractivity contribution in [2.24, 2.45) is 5.92 Å². The lowest BCUT2D eigenvalue weighted by Crippen LogP contribution is -2.47. The zero-order valence-corrected chi connectivity index (χ0v) is 13.3. The number of rotatable bonds is 5. The Bertz CT molecular complexity index is 563. The summed E-state index contributed by atoms with van der Waals surface area (Å²) in [4.78, 5) is 25.7. The number of carbonyl (C=O) groups excluding carboxylic acids is 2. The monoisotopic (exact) mass is 322 g/mol. The number of piperidine rings is 1. The van der Waals surface area contributed by atoms with Gasteiger partial charge in [0.15, 0.2) is 0 Å². The van der Waals surface area contributed by atoms with Crippen LogP contribution in [0.3, 0.4) is 0 Å². The molecule has 1 saturated heterocycles. The first-order valence-corrected chi connectivity index (χ1v) is 7.92. The lowest BCUT2D eigenvalue weighted by molar-refractivity contribution is -0.135. The third-order valence-corrected chi connectivity index (χ3v) is 4.18. The van der Waals surface area contributed by atoms with Crippen molar-refractivity contribution in [3.8, 4) is 0 Å². The van der Waals surface area contributed by atoms with Crippen LogP contribution in [0.15, 0.2) is 24.3 Å². The van der Waals surface area contributed by atoms with E-state index in [9.17, 15) is 19.1 Å². The number of amides is 2. The molecule has 23 heavy (non-hydrogen) atoms. The normalized spacial score (nSPS) is 19.3. The molecule has 1 aliphatic rings. The van der Waals surface area contributed by atoms with Crippen molar-refractivity contribution < 1.29 is 19.1 Å². The molecule has 0 bridgehead atoms. The molecule has 2 amide bonds. The van der Waals surface area contributed by atoms with E-state index in [4.69, 9.17) is 0 Å². The van der Waals surface area contributed by atoms with Crippen LogP contribution in [0, 0.1) is 11.7 Å². The number of benzene rings is 1. The molecule has 2 atom stereocenters. The lowest BCUT2D eigenvalue weighted by atomic mass is 9.93. The van der Waals surface area contributed by atoms with Crippen molar-refractivity contribution >= 4 is 11.8 Å². The van der Waals surface area contributed by atoms with Crippen LogP contribution in [-0.2, 0) is 16.0 Å². The Morgan fingerprint density at radius 1 is 1.48 bits per heavy atom. The number of likely N-dealkylation sites (tertiary alicyclic amines) is 1. The van der Waals surface area contributed by atoms with Crippen LogP contribution in [0.25, 0.3) is 0 Å². The van der Waals surface area contributed by atoms with E-state index in [0.29, 0.717) is 18.7 Å². The van der Waals surface area contributed by atoms with Gasteiger partial charge in [0.1, 0.15) is 5.82 Å². The van der Waals surface area contributed by atoms with Crippen LogP contribution >= 0.6 is 0 Å². The zero-order chi connectivity index (χ0) is 16.8. The highest BCUT2D eigenvalue weighted by molar-refractivity contribution is 5.85. The summed E-state index contributed by atoms with van der Waals surface area (Å²) in [6.45, 7) is 2.85. The Morgan fingerprint density at radius 3 is 2.96 bits per heavy atom. The van der Waals surface area contributed by atoms with Crippen molar-refractivity contribution in [2.75, 3.05) is 19.6 Å². The average molecular weight is 322 g/mol. The first-order valence-electron chi connectivity index (χ1n) is 7.92. The standard InChI is InChI=1S/C17H23FN2O3/c1-12(21)14-5-3-7-20(11-14)17(23)10-19-16(22)9-13-4-2-6-15(18)8-13/h2,4,6,8,12,14,21H,3,5,7,9-11H2,1H3,(H,19,22). The Hall–Kier alpha value is -1.95. The van der Waals surface area contributed by atoms with Gasteiger partial charge in [-0.2, -0.15) is 0 Å². The van der Waals surface area contributed by atoms with Gasteiger partial charge in [0, 0.05) is 19.0 Å². The molecule has 126 valence electrons. The molecule has 0 aliphatic carbocycles. The van der Waals surface area contributed by atoms with E-state index in [1.807, 2.05) is 0 Å². The molecular formula is C17H23FN2O3. The molecule has 0 radical (unpaired) electrons. The molecule has 1 aliphatic heterocycles. The largest absolute Gasteiger partial charge is 0.393 e. The second kappa shape index (κ2) is 8.06. The van der Waals surface area contributed by atoms with E-state index in [1.165, 1.54) is 12.1 Å². The molecular weight excluding hydrogens is 299 g/mol. The molecule has 1 fully saturated rings. The second-order valence-corrected chi connectivity index (χ2v) is 6.07. The number of halogens is 1. The number of hydrogen-bond acceptors (Lipinski definition) is 3. The molecule has 2 rings (SSSR count). The van der Waals surface area contributed by atoms with E-state index >= 15 is 0 Å². The van der Waals surface area contributed by atoms with Crippen molar-refractivity contribution in [1.82, 2.24) is 10.2 Å². The number of nitrogens with zero attached hydrogens (tertiary/aromatic N) is 1. The maximum atomic E-state index is 13.1. The number of aliphatic hydroxyl groups is 1. The van der Waals surface area contributed by atoms with Gasteiger partial charge in [-0.1, -0.05) is 12.1 Å². The highest BCUT2D eigenvalue weighted by Crippen LogP contribution is 2.19. The third kappa shape index (κ3) is 5.32. The highest BCUT2D eigenvalue weighted by atomic mass is 19.1. The number of carbonyl (C=O) groups is 2. The lowest BCUT2D eigenvalue weighted by Gasteiger charge is -2.34. The minimum atomic E-state index is -0.437. The molecule has 2 N–H and O–H groups in total. The minimum absolute atomic E-state index is 0.0430. The Balaban J connectivity index is 1.78. The molecule has 0 spiro atoms. The SMILES string of the molecule is CC(O)C1CCCN(C(=O)CNC(=O)Cc2cccc(F)c2)C1. The predicted octanol–water partition coefficient (Wildman–Crippen LogP) is 1.10. The minimum Gasteiger partial charge on any atom is -0.393 e. The highest BCUT2D eigenvalue weighted by Gasteiger charge is 2.26. The van der Waals surface area contributed by atoms with Crippen molar-refractivity contribution in [1.29, 1.82) is 0 Å². The summed E-state index contributed by atoms with van der Waals surface area (Å²) in [7, 11) is 0. The van der Waals surface area contributed by atoms with Crippen molar-refractivity contribution in [3.05, 3.63) is 35.6 Å². The molecule has 1 aromatic carbocycles. The average Bonchev–Trinajstić information content (AvgIpc) is 2.52. The van der Waals surface area contributed by atoms with E-state index < -0.39 is 6.10 Å². The molecule has 0 aromatic heterocycles. The van der Waals surface area contributed by atoms with Crippen molar-refractivity contribution in [3.63, 3.8) is 0 Å². The van der Waals surface area contributed by atoms with E-state index in [1.54, 1.807) is 24.0 Å². The van der Waals surface area contributed by atoms with E-state index in [2.05, 4.69) is 5.32 Å². The smallest absolute Gasteiger partial charge is 0.241 e. The maximum Gasteiger partial charge on any atom is 0.241 e. The first-order chi connectivity index (χ1) is 11.0. The number of nitrogens with one attached hydrogen (secondary N) is 1. The fraction of sp³-hybridized carbons (Fsp3) is 0.529. The van der Waals surface area contributed by atoms with E-state index in [-0.39, 0.29) is 36.5 Å². The molecule has 6 heteroatoms. The van der Waals surface area contributed by atoms with Crippen LogP contribution in [-0.4, -0.2) is 47.6 Å². The number of aliphatic hydroxyl groups excluding tert-OH is 1. The summed E-state index contributed by atoms with van der Waals surface area (Å²) in [6, 6.07) is 5.84. The molecule has 5 nitrogen and oxygen atoms in total. The Labute approximate surface area is 135 Å². The van der Waals surface area contributed by atoms with Crippen LogP contribution in [0.4, 0.5) is 4.39 Å².